The maximum Gasteiger partial charge on any atom is 0.301 e. The first-order valence-corrected chi connectivity index (χ1v) is 12.7. The topological polar surface area (TPSA) is 89.0 Å². The number of anilines is 1. The van der Waals surface area contributed by atoms with Crippen LogP contribution in [0.4, 0.5) is 5.13 Å². The van der Waals surface area contributed by atoms with E-state index in [0.29, 0.717) is 34.4 Å². The van der Waals surface area contributed by atoms with Crippen LogP contribution in [-0.4, -0.2) is 35.5 Å². The molecule has 0 radical (unpaired) electrons. The number of aromatic nitrogens is 1. The Hall–Kier alpha value is -4.17. The average Bonchev–Trinajstić information content (AvgIpc) is 3.43. The monoisotopic (exact) mass is 514 g/mol. The molecule has 188 valence electrons. The van der Waals surface area contributed by atoms with Crippen LogP contribution in [0.2, 0.25) is 0 Å². The summed E-state index contributed by atoms with van der Waals surface area (Å²) in [6.45, 7) is 6.39. The summed E-state index contributed by atoms with van der Waals surface area (Å²) in [5.41, 5.74) is 3.88. The first-order chi connectivity index (χ1) is 17.8. The highest BCUT2D eigenvalue weighted by Crippen LogP contribution is 2.45. The van der Waals surface area contributed by atoms with Gasteiger partial charge in [0.15, 0.2) is 5.13 Å². The first kappa shape index (κ1) is 24.5. The van der Waals surface area contributed by atoms with Crippen LogP contribution >= 0.6 is 11.3 Å². The molecule has 0 bridgehead atoms. The highest BCUT2D eigenvalue weighted by molar-refractivity contribution is 7.22. The van der Waals surface area contributed by atoms with Crippen LogP contribution in [0.3, 0.4) is 0 Å². The smallest absolute Gasteiger partial charge is 0.301 e. The summed E-state index contributed by atoms with van der Waals surface area (Å²) in [5, 5.41) is 11.8. The predicted molar refractivity (Wildman–Crippen MR) is 144 cm³/mol. The van der Waals surface area contributed by atoms with Gasteiger partial charge in [-0.1, -0.05) is 41.7 Å². The number of ketones is 1. The van der Waals surface area contributed by atoms with E-state index in [-0.39, 0.29) is 11.3 Å². The van der Waals surface area contributed by atoms with Crippen molar-refractivity contribution in [1.82, 2.24) is 4.98 Å². The number of nitrogens with zero attached hydrogens (tertiary/aromatic N) is 2. The van der Waals surface area contributed by atoms with Crippen molar-refractivity contribution >= 4 is 44.1 Å². The van der Waals surface area contributed by atoms with E-state index in [1.54, 1.807) is 48.5 Å². The average molecular weight is 515 g/mol. The van der Waals surface area contributed by atoms with Crippen molar-refractivity contribution in [3.8, 4) is 11.5 Å². The number of aliphatic hydroxyl groups excluding tert-OH is 1. The molecule has 1 N–H and O–H groups in total. The molecule has 1 aliphatic heterocycles. The van der Waals surface area contributed by atoms with E-state index < -0.39 is 17.7 Å². The van der Waals surface area contributed by atoms with E-state index in [9.17, 15) is 14.7 Å². The number of aliphatic hydroxyl groups is 1. The first-order valence-electron chi connectivity index (χ1n) is 11.9. The normalized spacial score (nSPS) is 17.0. The summed E-state index contributed by atoms with van der Waals surface area (Å²) >= 11 is 1.35. The van der Waals surface area contributed by atoms with Gasteiger partial charge in [-0.3, -0.25) is 14.5 Å². The Kier molecular flexibility index (Phi) is 6.43. The van der Waals surface area contributed by atoms with Crippen molar-refractivity contribution in [2.75, 3.05) is 18.6 Å². The van der Waals surface area contributed by atoms with Gasteiger partial charge in [-0.25, -0.2) is 4.98 Å². The van der Waals surface area contributed by atoms with Gasteiger partial charge in [0.25, 0.3) is 5.78 Å². The number of hydrogen-bond acceptors (Lipinski definition) is 7. The van der Waals surface area contributed by atoms with Crippen LogP contribution in [0.25, 0.3) is 16.0 Å². The predicted octanol–water partition coefficient (Wildman–Crippen LogP) is 5.95. The van der Waals surface area contributed by atoms with E-state index in [1.807, 2.05) is 32.9 Å². The number of hydrogen-bond donors (Lipinski definition) is 1. The fraction of sp³-hybridized carbons (Fsp3) is 0.207. The zero-order valence-electron chi connectivity index (χ0n) is 20.9. The van der Waals surface area contributed by atoms with Crippen LogP contribution in [0.1, 0.15) is 35.2 Å². The lowest BCUT2D eigenvalue weighted by atomic mass is 9.95. The van der Waals surface area contributed by atoms with E-state index >= 15 is 0 Å². The summed E-state index contributed by atoms with van der Waals surface area (Å²) in [7, 11) is 1.52. The number of carbonyl (C=O) groups is 2. The number of aryl methyl sites for hydroxylation is 2. The summed E-state index contributed by atoms with van der Waals surface area (Å²) in [6, 6.07) is 17.1. The molecule has 1 saturated heterocycles. The van der Waals surface area contributed by atoms with Crippen molar-refractivity contribution in [1.29, 1.82) is 0 Å². The van der Waals surface area contributed by atoms with Crippen molar-refractivity contribution in [3.63, 3.8) is 0 Å². The molecule has 0 aliphatic carbocycles. The van der Waals surface area contributed by atoms with Crippen molar-refractivity contribution in [3.05, 3.63) is 88.5 Å². The summed E-state index contributed by atoms with van der Waals surface area (Å²) in [5.74, 6) is -0.593. The fourth-order valence-corrected chi connectivity index (χ4v) is 5.81. The lowest BCUT2D eigenvalue weighted by molar-refractivity contribution is -0.132. The van der Waals surface area contributed by atoms with Crippen molar-refractivity contribution in [2.24, 2.45) is 0 Å². The molecule has 37 heavy (non-hydrogen) atoms. The SMILES string of the molecule is CCOc1ccc([C@@H]2/C(=C(\O)c3cccc(OC)c3)C(=O)C(=O)N2c2nc3c(C)cc(C)cc3s2)cc1. The minimum absolute atomic E-state index is 0.00503. The second kappa shape index (κ2) is 9.71. The molecule has 3 aromatic carbocycles. The molecule has 0 spiro atoms. The van der Waals surface area contributed by atoms with Gasteiger partial charge in [0.1, 0.15) is 17.3 Å². The Labute approximate surface area is 218 Å². The van der Waals surface area contributed by atoms with Gasteiger partial charge in [0, 0.05) is 5.56 Å². The maximum absolute atomic E-state index is 13.5. The van der Waals surface area contributed by atoms with E-state index in [0.717, 1.165) is 21.3 Å². The molecule has 1 amide bonds. The fourth-order valence-electron chi connectivity index (χ4n) is 4.65. The quantitative estimate of drug-likeness (QED) is 0.194. The standard InChI is InChI=1S/C29H26N2O5S/c1-5-36-20-11-9-18(10-12-20)25-23(26(32)19-7-6-8-21(15-19)35-4)27(33)28(34)31(25)29-30-24-17(3)13-16(2)14-22(24)37-29/h6-15,25,32H,5H2,1-4H3/b26-23+/t25-/m1/s1. The van der Waals surface area contributed by atoms with Gasteiger partial charge in [0.2, 0.25) is 0 Å². The number of rotatable bonds is 6. The van der Waals surface area contributed by atoms with Crippen LogP contribution < -0.4 is 14.4 Å². The van der Waals surface area contributed by atoms with Gasteiger partial charge in [-0.2, -0.15) is 0 Å². The molecule has 0 saturated carbocycles. The maximum atomic E-state index is 13.5. The Morgan fingerprint density at radius 2 is 1.81 bits per heavy atom. The summed E-state index contributed by atoms with van der Waals surface area (Å²) in [4.78, 5) is 33.1. The van der Waals surface area contributed by atoms with Gasteiger partial charge in [0.05, 0.1) is 35.5 Å². The van der Waals surface area contributed by atoms with E-state index in [2.05, 4.69) is 0 Å². The Bertz CT molecular complexity index is 1550. The minimum Gasteiger partial charge on any atom is -0.507 e. The molecule has 4 aromatic rings. The third kappa shape index (κ3) is 4.34. The Balaban J connectivity index is 1.72. The number of Topliss-reactive ketones (excluding diaryl/α,β-unsaturated/α-hetero) is 1. The zero-order chi connectivity index (χ0) is 26.3. The highest BCUT2D eigenvalue weighted by Gasteiger charge is 2.48. The van der Waals surface area contributed by atoms with Crippen LogP contribution in [0.15, 0.2) is 66.2 Å². The molecule has 7 nitrogen and oxygen atoms in total. The summed E-state index contributed by atoms with van der Waals surface area (Å²) < 4.78 is 11.8. The molecule has 1 aliphatic rings. The second-order valence-corrected chi connectivity index (χ2v) is 9.84. The van der Waals surface area contributed by atoms with Crippen LogP contribution in [0, 0.1) is 13.8 Å². The van der Waals surface area contributed by atoms with Crippen molar-refractivity contribution in [2.45, 2.75) is 26.8 Å². The van der Waals surface area contributed by atoms with Crippen LogP contribution in [-0.2, 0) is 9.59 Å². The molecular weight excluding hydrogens is 488 g/mol. The van der Waals surface area contributed by atoms with Crippen LogP contribution in [0.5, 0.6) is 11.5 Å². The third-order valence-electron chi connectivity index (χ3n) is 6.32. The van der Waals surface area contributed by atoms with Gasteiger partial charge >= 0.3 is 5.91 Å². The lowest BCUT2D eigenvalue weighted by Gasteiger charge is -2.23. The van der Waals surface area contributed by atoms with Gasteiger partial charge in [-0.05, 0) is 67.8 Å². The minimum atomic E-state index is -0.871. The highest BCUT2D eigenvalue weighted by atomic mass is 32.1. The molecule has 1 aromatic heterocycles. The number of carbonyl (C=O) groups excluding carboxylic acids is 2. The third-order valence-corrected chi connectivity index (χ3v) is 7.32. The number of methoxy groups -OCH3 is 1. The number of amides is 1. The Morgan fingerprint density at radius 1 is 1.05 bits per heavy atom. The second-order valence-electron chi connectivity index (χ2n) is 8.83. The molecule has 1 atom stereocenters. The molecule has 2 heterocycles. The molecule has 5 rings (SSSR count). The number of ether oxygens (including phenoxy) is 2. The molecule has 8 heteroatoms. The number of thiazole rings is 1. The Morgan fingerprint density at radius 3 is 2.51 bits per heavy atom. The zero-order valence-corrected chi connectivity index (χ0v) is 21.8. The summed E-state index contributed by atoms with van der Waals surface area (Å²) in [6.07, 6.45) is 0. The van der Waals surface area contributed by atoms with E-state index in [4.69, 9.17) is 14.5 Å². The molecule has 1 fully saturated rings. The van der Waals surface area contributed by atoms with Gasteiger partial charge in [-0.15, -0.1) is 0 Å². The number of fused-ring (bicyclic) bond motifs is 1. The molecular formula is C29H26N2O5S. The largest absolute Gasteiger partial charge is 0.507 e. The van der Waals surface area contributed by atoms with Gasteiger partial charge < -0.3 is 14.6 Å². The molecule has 0 unspecified atom stereocenters. The lowest BCUT2D eigenvalue weighted by Crippen LogP contribution is -2.29. The van der Waals surface area contributed by atoms with Crippen molar-refractivity contribution < 1.29 is 24.2 Å². The number of benzene rings is 3. The van der Waals surface area contributed by atoms with E-state index in [1.165, 1.54) is 23.3 Å².